The first kappa shape index (κ1) is 18.0. The summed E-state index contributed by atoms with van der Waals surface area (Å²) in [7, 11) is 0. The van der Waals surface area contributed by atoms with Gasteiger partial charge in [-0.25, -0.2) is 4.68 Å². The molecule has 2 aromatic rings. The van der Waals surface area contributed by atoms with Crippen LogP contribution in [-0.4, -0.2) is 27.3 Å². The van der Waals surface area contributed by atoms with E-state index >= 15 is 0 Å². The largest absolute Gasteiger partial charge is 0.482 e. The van der Waals surface area contributed by atoms with Crippen molar-refractivity contribution in [1.29, 1.82) is 0 Å². The van der Waals surface area contributed by atoms with Gasteiger partial charge in [0, 0.05) is 11.8 Å². The zero-order valence-corrected chi connectivity index (χ0v) is 15.0. The van der Waals surface area contributed by atoms with Crippen molar-refractivity contribution in [3.63, 3.8) is 0 Å². The van der Waals surface area contributed by atoms with Gasteiger partial charge in [0.1, 0.15) is 11.6 Å². The van der Waals surface area contributed by atoms with Crippen molar-refractivity contribution in [2.45, 2.75) is 47.1 Å². The van der Waals surface area contributed by atoms with Crippen LogP contribution >= 0.6 is 0 Å². The molecular weight excluding hydrogens is 304 g/mol. The molecule has 0 aliphatic heterocycles. The van der Waals surface area contributed by atoms with Crippen LogP contribution in [0.4, 0.5) is 5.82 Å². The van der Waals surface area contributed by atoms with Gasteiger partial charge in [-0.15, -0.1) is 0 Å². The number of hydrogen-bond donors (Lipinski definition) is 1. The lowest BCUT2D eigenvalue weighted by Gasteiger charge is -2.19. The fraction of sp³-hybridized carbons (Fsp3) is 0.500. The van der Waals surface area contributed by atoms with Crippen LogP contribution in [-0.2, 0) is 11.2 Å². The van der Waals surface area contributed by atoms with E-state index in [9.17, 15) is 4.79 Å². The lowest BCUT2D eigenvalue weighted by Crippen LogP contribution is -2.24. The molecule has 0 aliphatic rings. The SMILES string of the molecule is CCc1nc(C)ccc1OCC(=O)Nc1ccnn1[C@H](C)C(C)C. The number of rotatable bonds is 7. The molecule has 6 heteroatoms. The standard InChI is InChI=1S/C18H26N4O2/c1-6-15-16(8-7-13(4)20-15)24-11-18(23)21-17-9-10-19-22(17)14(5)12(2)3/h7-10,12,14H,6,11H2,1-5H3,(H,21,23)/t14-/m1/s1. The quantitative estimate of drug-likeness (QED) is 0.845. The zero-order chi connectivity index (χ0) is 17.7. The third kappa shape index (κ3) is 4.34. The Balaban J connectivity index is 1.99. The molecule has 0 fully saturated rings. The van der Waals surface area contributed by atoms with E-state index < -0.39 is 0 Å². The summed E-state index contributed by atoms with van der Waals surface area (Å²) in [6.07, 6.45) is 2.45. The van der Waals surface area contributed by atoms with Crippen LogP contribution in [0.3, 0.4) is 0 Å². The average molecular weight is 330 g/mol. The summed E-state index contributed by atoms with van der Waals surface area (Å²) < 4.78 is 7.46. The summed E-state index contributed by atoms with van der Waals surface area (Å²) in [4.78, 5) is 16.6. The molecule has 1 atom stereocenters. The first-order valence-electron chi connectivity index (χ1n) is 8.35. The smallest absolute Gasteiger partial charge is 0.263 e. The van der Waals surface area contributed by atoms with E-state index in [2.05, 4.69) is 36.2 Å². The summed E-state index contributed by atoms with van der Waals surface area (Å²) in [6, 6.07) is 5.73. The van der Waals surface area contributed by atoms with Gasteiger partial charge in [0.2, 0.25) is 0 Å². The third-order valence-electron chi connectivity index (χ3n) is 4.05. The van der Waals surface area contributed by atoms with Crippen LogP contribution in [0.5, 0.6) is 5.75 Å². The van der Waals surface area contributed by atoms with Gasteiger partial charge < -0.3 is 10.1 Å². The molecule has 24 heavy (non-hydrogen) atoms. The number of amides is 1. The highest BCUT2D eigenvalue weighted by atomic mass is 16.5. The maximum absolute atomic E-state index is 12.2. The first-order chi connectivity index (χ1) is 11.4. The summed E-state index contributed by atoms with van der Waals surface area (Å²) in [5.74, 6) is 1.54. The van der Waals surface area contributed by atoms with Crippen LogP contribution < -0.4 is 10.1 Å². The average Bonchev–Trinajstić information content (AvgIpc) is 3.00. The Kier molecular flexibility index (Phi) is 5.95. The number of ether oxygens (including phenoxy) is 1. The summed E-state index contributed by atoms with van der Waals surface area (Å²) >= 11 is 0. The monoisotopic (exact) mass is 330 g/mol. The maximum Gasteiger partial charge on any atom is 0.263 e. The Morgan fingerprint density at radius 3 is 2.71 bits per heavy atom. The molecule has 2 aromatic heterocycles. The fourth-order valence-electron chi connectivity index (χ4n) is 2.32. The highest BCUT2D eigenvalue weighted by Gasteiger charge is 2.16. The van der Waals surface area contributed by atoms with Crippen LogP contribution in [0.1, 0.15) is 45.1 Å². The van der Waals surface area contributed by atoms with E-state index in [-0.39, 0.29) is 18.6 Å². The van der Waals surface area contributed by atoms with Gasteiger partial charge in [-0.3, -0.25) is 9.78 Å². The van der Waals surface area contributed by atoms with Gasteiger partial charge in [-0.1, -0.05) is 20.8 Å². The van der Waals surface area contributed by atoms with E-state index in [0.29, 0.717) is 17.5 Å². The van der Waals surface area contributed by atoms with Gasteiger partial charge in [0.25, 0.3) is 5.91 Å². The van der Waals surface area contributed by atoms with Crippen molar-refractivity contribution in [2.75, 3.05) is 11.9 Å². The second-order valence-electron chi connectivity index (χ2n) is 6.23. The maximum atomic E-state index is 12.2. The number of anilines is 1. The van der Waals surface area contributed by atoms with Gasteiger partial charge in [0.15, 0.2) is 6.61 Å². The molecule has 0 aromatic carbocycles. The number of carbonyl (C=O) groups excluding carboxylic acids is 1. The second-order valence-corrected chi connectivity index (χ2v) is 6.23. The molecule has 0 unspecified atom stereocenters. The third-order valence-corrected chi connectivity index (χ3v) is 4.05. The molecule has 0 aliphatic carbocycles. The zero-order valence-electron chi connectivity index (χ0n) is 15.0. The molecular formula is C18H26N4O2. The minimum atomic E-state index is -0.213. The Morgan fingerprint density at radius 2 is 2.04 bits per heavy atom. The lowest BCUT2D eigenvalue weighted by molar-refractivity contribution is -0.118. The van der Waals surface area contributed by atoms with E-state index in [4.69, 9.17) is 4.74 Å². The minimum absolute atomic E-state index is 0.0566. The molecule has 1 amide bonds. The first-order valence-corrected chi connectivity index (χ1v) is 8.35. The normalized spacial score (nSPS) is 12.2. The topological polar surface area (TPSA) is 69.0 Å². The number of hydrogen-bond acceptors (Lipinski definition) is 4. The summed E-state index contributed by atoms with van der Waals surface area (Å²) in [5, 5.41) is 7.16. The van der Waals surface area contributed by atoms with Crippen LogP contribution in [0.2, 0.25) is 0 Å². The second kappa shape index (κ2) is 7.95. The van der Waals surface area contributed by atoms with Crippen LogP contribution in [0, 0.1) is 12.8 Å². The van der Waals surface area contributed by atoms with Crippen LogP contribution in [0.15, 0.2) is 24.4 Å². The number of aryl methyl sites for hydroxylation is 2. The molecule has 130 valence electrons. The summed E-state index contributed by atoms with van der Waals surface area (Å²) in [6.45, 7) is 10.2. The van der Waals surface area contributed by atoms with E-state index in [0.717, 1.165) is 17.8 Å². The number of aromatic nitrogens is 3. The number of nitrogens with one attached hydrogen (secondary N) is 1. The molecule has 0 saturated carbocycles. The Morgan fingerprint density at radius 1 is 1.29 bits per heavy atom. The number of nitrogens with zero attached hydrogens (tertiary/aromatic N) is 3. The van der Waals surface area contributed by atoms with E-state index in [1.165, 1.54) is 0 Å². The predicted molar refractivity (Wildman–Crippen MR) is 94.3 cm³/mol. The van der Waals surface area contributed by atoms with E-state index in [1.807, 2.05) is 30.7 Å². The van der Waals surface area contributed by atoms with Gasteiger partial charge >= 0.3 is 0 Å². The van der Waals surface area contributed by atoms with Crippen molar-refractivity contribution in [1.82, 2.24) is 14.8 Å². The Labute approximate surface area is 143 Å². The van der Waals surface area contributed by atoms with Gasteiger partial charge in [-0.05, 0) is 38.3 Å². The van der Waals surface area contributed by atoms with Crippen molar-refractivity contribution < 1.29 is 9.53 Å². The van der Waals surface area contributed by atoms with Crippen molar-refractivity contribution in [3.05, 3.63) is 35.8 Å². The number of carbonyl (C=O) groups is 1. The Hall–Kier alpha value is -2.37. The molecule has 6 nitrogen and oxygen atoms in total. The lowest BCUT2D eigenvalue weighted by atomic mass is 10.1. The Bertz CT molecular complexity index is 694. The summed E-state index contributed by atoms with van der Waals surface area (Å²) in [5.41, 5.74) is 1.80. The molecule has 2 rings (SSSR count). The minimum Gasteiger partial charge on any atom is -0.482 e. The fourth-order valence-corrected chi connectivity index (χ4v) is 2.32. The molecule has 0 spiro atoms. The predicted octanol–water partition coefficient (Wildman–Crippen LogP) is 3.38. The molecule has 0 bridgehead atoms. The van der Waals surface area contributed by atoms with Crippen LogP contribution in [0.25, 0.3) is 0 Å². The molecule has 0 radical (unpaired) electrons. The van der Waals surface area contributed by atoms with Crippen molar-refractivity contribution in [2.24, 2.45) is 5.92 Å². The number of pyridine rings is 1. The highest BCUT2D eigenvalue weighted by Crippen LogP contribution is 2.21. The van der Waals surface area contributed by atoms with Crippen molar-refractivity contribution in [3.8, 4) is 5.75 Å². The highest BCUT2D eigenvalue weighted by molar-refractivity contribution is 5.91. The van der Waals surface area contributed by atoms with E-state index in [1.54, 1.807) is 12.3 Å². The molecule has 0 saturated heterocycles. The van der Waals surface area contributed by atoms with Gasteiger partial charge in [-0.2, -0.15) is 5.10 Å². The van der Waals surface area contributed by atoms with Gasteiger partial charge in [0.05, 0.1) is 17.9 Å². The van der Waals surface area contributed by atoms with Crippen molar-refractivity contribution >= 4 is 11.7 Å². The molecule has 1 N–H and O–H groups in total. The molecule has 2 heterocycles.